The molecule has 0 radical (unpaired) electrons. The van der Waals surface area contributed by atoms with Crippen molar-refractivity contribution < 1.29 is 9.18 Å². The molecule has 64 valence electrons. The van der Waals surface area contributed by atoms with Gasteiger partial charge in [0.2, 0.25) is 0 Å². The average molecular weight is 185 g/mol. The van der Waals surface area contributed by atoms with Crippen molar-refractivity contribution >= 4 is 23.6 Å². The summed E-state index contributed by atoms with van der Waals surface area (Å²) in [5.74, 6) is -0.367. The minimum Gasteiger partial charge on any atom is -0.306 e. The van der Waals surface area contributed by atoms with E-state index in [9.17, 15) is 9.18 Å². The molecule has 0 fully saturated rings. The fraction of sp³-hybridized carbons (Fsp3) is 0.125. The summed E-state index contributed by atoms with van der Waals surface area (Å²) in [5, 5.41) is -0.416. The van der Waals surface area contributed by atoms with Gasteiger partial charge < -0.3 is 4.90 Å². The Morgan fingerprint density at radius 1 is 1.58 bits per heavy atom. The summed E-state index contributed by atoms with van der Waals surface area (Å²) in [5.41, 5.74) is 0.495. The molecule has 0 spiro atoms. The van der Waals surface area contributed by atoms with Gasteiger partial charge in [0, 0.05) is 12.7 Å². The number of hydrogen-bond donors (Lipinski definition) is 1. The lowest BCUT2D eigenvalue weighted by atomic mass is 10.3. The summed E-state index contributed by atoms with van der Waals surface area (Å²) in [6.45, 7) is 0. The first-order chi connectivity index (χ1) is 5.61. The van der Waals surface area contributed by atoms with E-state index in [1.807, 2.05) is 0 Å². The van der Waals surface area contributed by atoms with Crippen molar-refractivity contribution in [2.45, 2.75) is 0 Å². The number of carbonyl (C=O) groups excluding carboxylic acids is 1. The number of rotatable bonds is 1. The Morgan fingerprint density at radius 3 is 2.75 bits per heavy atom. The second-order valence-electron chi connectivity index (χ2n) is 2.32. The van der Waals surface area contributed by atoms with Crippen LogP contribution in [0.2, 0.25) is 0 Å². The van der Waals surface area contributed by atoms with E-state index in [-0.39, 0.29) is 5.82 Å². The molecule has 0 aliphatic rings. The topological polar surface area (TPSA) is 20.3 Å². The van der Waals surface area contributed by atoms with E-state index in [2.05, 4.69) is 12.6 Å². The van der Waals surface area contributed by atoms with Gasteiger partial charge in [-0.05, 0) is 18.2 Å². The molecule has 0 saturated carbocycles. The number of anilines is 1. The molecule has 0 atom stereocenters. The molecule has 0 unspecified atom stereocenters. The molecule has 1 aromatic rings. The van der Waals surface area contributed by atoms with Gasteiger partial charge in [-0.2, -0.15) is 0 Å². The fourth-order valence-electron chi connectivity index (χ4n) is 0.795. The molecule has 0 bridgehead atoms. The lowest BCUT2D eigenvalue weighted by Gasteiger charge is -2.13. The summed E-state index contributed by atoms with van der Waals surface area (Å²) in [6.07, 6.45) is 0. The van der Waals surface area contributed by atoms with Gasteiger partial charge in [0.1, 0.15) is 5.82 Å². The summed E-state index contributed by atoms with van der Waals surface area (Å²) in [4.78, 5) is 12.0. The summed E-state index contributed by atoms with van der Waals surface area (Å²) < 4.78 is 12.6. The zero-order chi connectivity index (χ0) is 9.14. The third kappa shape index (κ3) is 1.98. The van der Waals surface area contributed by atoms with Crippen LogP contribution in [0.15, 0.2) is 24.3 Å². The van der Waals surface area contributed by atoms with Gasteiger partial charge in [-0.15, -0.1) is 0 Å². The molecule has 1 aromatic carbocycles. The van der Waals surface area contributed by atoms with E-state index in [1.54, 1.807) is 6.07 Å². The maximum atomic E-state index is 12.6. The molecule has 2 nitrogen and oxygen atoms in total. The largest absolute Gasteiger partial charge is 0.306 e. The van der Waals surface area contributed by atoms with Crippen LogP contribution >= 0.6 is 12.6 Å². The Balaban J connectivity index is 2.95. The first kappa shape index (κ1) is 9.06. The molecule has 4 heteroatoms. The van der Waals surface area contributed by atoms with Crippen LogP contribution in [-0.2, 0) is 0 Å². The van der Waals surface area contributed by atoms with E-state index in [0.717, 1.165) is 0 Å². The van der Waals surface area contributed by atoms with Gasteiger partial charge in [-0.3, -0.25) is 4.79 Å². The standard InChI is InChI=1S/C8H8FNOS/c1-10(8(11)12)7-4-2-3-6(9)5-7/h2-5H,1H3,(H,11,12). The number of nitrogens with zero attached hydrogens (tertiary/aromatic N) is 1. The van der Waals surface area contributed by atoms with Crippen LogP contribution < -0.4 is 4.90 Å². The van der Waals surface area contributed by atoms with E-state index in [1.165, 1.54) is 30.1 Å². The molecule has 1 rings (SSSR count). The second-order valence-corrected chi connectivity index (χ2v) is 2.70. The molecule has 0 aliphatic carbocycles. The maximum absolute atomic E-state index is 12.6. The first-order valence-corrected chi connectivity index (χ1v) is 3.78. The van der Waals surface area contributed by atoms with Gasteiger partial charge >= 0.3 is 0 Å². The third-order valence-corrected chi connectivity index (χ3v) is 1.78. The van der Waals surface area contributed by atoms with Crippen molar-refractivity contribution in [1.82, 2.24) is 0 Å². The number of amides is 1. The average Bonchev–Trinajstić information content (AvgIpc) is 2.03. The summed E-state index contributed by atoms with van der Waals surface area (Å²) >= 11 is 3.60. The molecule has 1 amide bonds. The molecular weight excluding hydrogens is 177 g/mol. The quantitative estimate of drug-likeness (QED) is 0.666. The van der Waals surface area contributed by atoms with Gasteiger partial charge in [0.25, 0.3) is 5.24 Å². The van der Waals surface area contributed by atoms with Crippen molar-refractivity contribution in [2.75, 3.05) is 11.9 Å². The maximum Gasteiger partial charge on any atom is 0.282 e. The van der Waals surface area contributed by atoms with E-state index in [4.69, 9.17) is 0 Å². The van der Waals surface area contributed by atoms with Crippen molar-refractivity contribution in [1.29, 1.82) is 0 Å². The summed E-state index contributed by atoms with van der Waals surface area (Å²) in [7, 11) is 1.53. The highest BCUT2D eigenvalue weighted by Gasteiger charge is 2.05. The normalized spacial score (nSPS) is 9.58. The van der Waals surface area contributed by atoms with Crippen LogP contribution in [-0.4, -0.2) is 12.3 Å². The minimum atomic E-state index is -0.416. The van der Waals surface area contributed by atoms with Gasteiger partial charge in [0.15, 0.2) is 0 Å². The number of thiol groups is 1. The van der Waals surface area contributed by atoms with Crippen LogP contribution in [0.3, 0.4) is 0 Å². The lowest BCUT2D eigenvalue weighted by molar-refractivity contribution is 0.266. The Morgan fingerprint density at radius 2 is 2.25 bits per heavy atom. The fourth-order valence-corrected chi connectivity index (χ4v) is 0.911. The van der Waals surface area contributed by atoms with Gasteiger partial charge in [-0.25, -0.2) is 4.39 Å². The first-order valence-electron chi connectivity index (χ1n) is 3.33. The third-order valence-electron chi connectivity index (χ3n) is 1.48. The van der Waals surface area contributed by atoms with Crippen LogP contribution in [0.1, 0.15) is 0 Å². The van der Waals surface area contributed by atoms with E-state index >= 15 is 0 Å². The number of hydrogen-bond acceptors (Lipinski definition) is 1. The van der Waals surface area contributed by atoms with Crippen molar-refractivity contribution in [3.05, 3.63) is 30.1 Å². The Hall–Kier alpha value is -1.03. The number of halogens is 1. The van der Waals surface area contributed by atoms with Gasteiger partial charge in [0.05, 0.1) is 0 Å². The van der Waals surface area contributed by atoms with Crippen LogP contribution in [0, 0.1) is 5.82 Å². The van der Waals surface area contributed by atoms with Crippen LogP contribution in [0.25, 0.3) is 0 Å². The Labute approximate surface area is 75.4 Å². The van der Waals surface area contributed by atoms with Crippen LogP contribution in [0.5, 0.6) is 0 Å². The van der Waals surface area contributed by atoms with Crippen LogP contribution in [0.4, 0.5) is 14.9 Å². The molecule has 0 N–H and O–H groups in total. The highest BCUT2D eigenvalue weighted by atomic mass is 32.1. The molecule has 0 aromatic heterocycles. The highest BCUT2D eigenvalue weighted by Crippen LogP contribution is 2.14. The predicted octanol–water partition coefficient (Wildman–Crippen LogP) is 2.31. The Bertz CT molecular complexity index is 303. The number of benzene rings is 1. The Kier molecular flexibility index (Phi) is 2.70. The smallest absolute Gasteiger partial charge is 0.282 e. The van der Waals surface area contributed by atoms with Crippen molar-refractivity contribution in [3.8, 4) is 0 Å². The van der Waals surface area contributed by atoms with Crippen molar-refractivity contribution in [3.63, 3.8) is 0 Å². The minimum absolute atomic E-state index is 0.367. The molecule has 0 saturated heterocycles. The highest BCUT2D eigenvalue weighted by molar-refractivity contribution is 7.96. The molecule has 0 heterocycles. The van der Waals surface area contributed by atoms with E-state index in [0.29, 0.717) is 5.69 Å². The van der Waals surface area contributed by atoms with Gasteiger partial charge in [-0.1, -0.05) is 18.7 Å². The molecule has 12 heavy (non-hydrogen) atoms. The van der Waals surface area contributed by atoms with Crippen molar-refractivity contribution in [2.24, 2.45) is 0 Å². The second kappa shape index (κ2) is 3.58. The summed E-state index contributed by atoms with van der Waals surface area (Å²) in [6, 6.07) is 5.77. The predicted molar refractivity (Wildman–Crippen MR) is 49.2 cm³/mol. The molecule has 0 aliphatic heterocycles. The number of carbonyl (C=O) groups is 1. The SMILES string of the molecule is CN(C(=O)S)c1cccc(F)c1. The lowest BCUT2D eigenvalue weighted by Crippen LogP contribution is -2.19. The zero-order valence-corrected chi connectivity index (χ0v) is 7.38. The van der Waals surface area contributed by atoms with E-state index < -0.39 is 5.24 Å². The monoisotopic (exact) mass is 185 g/mol. The zero-order valence-electron chi connectivity index (χ0n) is 6.49. The molecular formula is C8H8FNOS.